The summed E-state index contributed by atoms with van der Waals surface area (Å²) in [6.07, 6.45) is 5.32. The van der Waals surface area contributed by atoms with E-state index in [0.29, 0.717) is 17.9 Å². The number of hydrogen-bond donors (Lipinski definition) is 0. The number of fused-ring (bicyclic) bond motifs is 1. The van der Waals surface area contributed by atoms with Crippen molar-refractivity contribution in [1.29, 1.82) is 0 Å². The summed E-state index contributed by atoms with van der Waals surface area (Å²) >= 11 is 0. The van der Waals surface area contributed by atoms with E-state index in [0.717, 1.165) is 47.1 Å². The Morgan fingerprint density at radius 1 is 1.04 bits per heavy atom. The van der Waals surface area contributed by atoms with Crippen LogP contribution in [-0.4, -0.2) is 7.11 Å². The molecule has 0 spiro atoms. The van der Waals surface area contributed by atoms with Gasteiger partial charge in [0, 0.05) is 22.6 Å². The van der Waals surface area contributed by atoms with Crippen LogP contribution in [0.4, 0.5) is 0 Å². The highest BCUT2D eigenvalue weighted by atomic mass is 16.5. The van der Waals surface area contributed by atoms with Gasteiger partial charge in [-0.1, -0.05) is 44.4 Å². The van der Waals surface area contributed by atoms with Crippen LogP contribution in [0, 0.1) is 6.92 Å². The van der Waals surface area contributed by atoms with Crippen molar-refractivity contribution in [3.63, 3.8) is 0 Å². The number of para-hydroxylation sites is 1. The molecule has 148 valence electrons. The Labute approximate surface area is 166 Å². The molecule has 0 aliphatic heterocycles. The molecule has 0 fully saturated rings. The minimum Gasteiger partial charge on any atom is -0.496 e. The molecule has 1 aromatic heterocycles. The van der Waals surface area contributed by atoms with E-state index in [1.165, 1.54) is 12.8 Å². The Morgan fingerprint density at radius 3 is 2.64 bits per heavy atom. The van der Waals surface area contributed by atoms with Crippen molar-refractivity contribution in [2.24, 2.45) is 0 Å². The Balaban J connectivity index is 1.79. The van der Waals surface area contributed by atoms with Crippen LogP contribution in [0.5, 0.6) is 11.5 Å². The summed E-state index contributed by atoms with van der Waals surface area (Å²) in [5.74, 6) is 1.45. The lowest BCUT2D eigenvalue weighted by molar-refractivity contribution is 0.296. The number of benzene rings is 2. The predicted molar refractivity (Wildman–Crippen MR) is 112 cm³/mol. The third-order valence-electron chi connectivity index (χ3n) is 5.13. The smallest absolute Gasteiger partial charge is 0.339 e. The number of rotatable bonds is 9. The molecular weight excluding hydrogens is 352 g/mol. The van der Waals surface area contributed by atoms with Crippen LogP contribution in [0.2, 0.25) is 0 Å². The fraction of sp³-hybridized carbons (Fsp3) is 0.375. The number of aryl methyl sites for hydroxylation is 1. The molecule has 3 rings (SSSR count). The van der Waals surface area contributed by atoms with Gasteiger partial charge in [-0.15, -0.1) is 0 Å². The molecule has 0 saturated heterocycles. The van der Waals surface area contributed by atoms with E-state index in [1.807, 2.05) is 43.3 Å². The highest BCUT2D eigenvalue weighted by Crippen LogP contribution is 2.26. The summed E-state index contributed by atoms with van der Waals surface area (Å²) in [6.45, 7) is 4.57. The van der Waals surface area contributed by atoms with Gasteiger partial charge in [-0.3, -0.25) is 0 Å². The van der Waals surface area contributed by atoms with Crippen molar-refractivity contribution in [2.75, 3.05) is 7.11 Å². The zero-order valence-corrected chi connectivity index (χ0v) is 16.9. The number of unbranched alkanes of at least 4 members (excludes halogenated alkanes) is 3. The maximum Gasteiger partial charge on any atom is 0.339 e. The Hall–Kier alpha value is -2.75. The van der Waals surface area contributed by atoms with E-state index in [2.05, 4.69) is 6.92 Å². The quantitative estimate of drug-likeness (QED) is 0.347. The van der Waals surface area contributed by atoms with E-state index >= 15 is 0 Å². The lowest BCUT2D eigenvalue weighted by atomic mass is 10.0. The number of methoxy groups -OCH3 is 1. The summed E-state index contributed by atoms with van der Waals surface area (Å²) in [4.78, 5) is 12.5. The van der Waals surface area contributed by atoms with Gasteiger partial charge >= 0.3 is 5.63 Å². The van der Waals surface area contributed by atoms with E-state index in [1.54, 1.807) is 13.2 Å². The third kappa shape index (κ3) is 4.56. The van der Waals surface area contributed by atoms with Crippen LogP contribution in [0.3, 0.4) is 0 Å². The maximum absolute atomic E-state index is 12.5. The van der Waals surface area contributed by atoms with Gasteiger partial charge in [0.15, 0.2) is 0 Å². The van der Waals surface area contributed by atoms with E-state index in [9.17, 15) is 4.79 Å². The molecule has 0 radical (unpaired) electrons. The zero-order chi connectivity index (χ0) is 19.9. The average molecular weight is 380 g/mol. The topological polar surface area (TPSA) is 48.7 Å². The van der Waals surface area contributed by atoms with Crippen molar-refractivity contribution >= 4 is 11.0 Å². The largest absolute Gasteiger partial charge is 0.496 e. The van der Waals surface area contributed by atoms with E-state index in [4.69, 9.17) is 13.9 Å². The summed E-state index contributed by atoms with van der Waals surface area (Å²) in [5.41, 5.74) is 3.11. The van der Waals surface area contributed by atoms with E-state index in [-0.39, 0.29) is 5.63 Å². The van der Waals surface area contributed by atoms with Crippen LogP contribution < -0.4 is 15.1 Å². The van der Waals surface area contributed by atoms with Crippen LogP contribution in [0.15, 0.2) is 51.7 Å². The fourth-order valence-corrected chi connectivity index (χ4v) is 3.47. The predicted octanol–water partition coefficient (Wildman–Crippen LogP) is 5.81. The van der Waals surface area contributed by atoms with Crippen molar-refractivity contribution in [2.45, 2.75) is 52.6 Å². The first-order valence-electron chi connectivity index (χ1n) is 9.95. The lowest BCUT2D eigenvalue weighted by Crippen LogP contribution is -2.10. The molecule has 2 aromatic carbocycles. The molecule has 0 bridgehead atoms. The molecule has 4 heteroatoms. The van der Waals surface area contributed by atoms with Crippen LogP contribution in [0.1, 0.15) is 49.3 Å². The molecule has 0 aliphatic rings. The standard InChI is InChI=1S/C24H28O4/c1-4-5-6-7-11-21-17(2)20-14-13-19(15-23(20)28-24(21)25)27-16-18-10-8-9-12-22(18)26-3/h8-10,12-15H,4-7,11,16H2,1-3H3. The molecule has 3 aromatic rings. The van der Waals surface area contributed by atoms with Crippen LogP contribution >= 0.6 is 0 Å². The lowest BCUT2D eigenvalue weighted by Gasteiger charge is -2.12. The summed E-state index contributed by atoms with van der Waals surface area (Å²) in [6, 6.07) is 13.4. The third-order valence-corrected chi connectivity index (χ3v) is 5.13. The van der Waals surface area contributed by atoms with Gasteiger partial charge in [-0.25, -0.2) is 4.79 Å². The second-order valence-electron chi connectivity index (χ2n) is 7.06. The molecule has 0 amide bonds. The first kappa shape index (κ1) is 20.0. The molecule has 0 N–H and O–H groups in total. The second kappa shape index (κ2) is 9.45. The van der Waals surface area contributed by atoms with Gasteiger partial charge < -0.3 is 13.9 Å². The van der Waals surface area contributed by atoms with Gasteiger partial charge in [0.05, 0.1) is 7.11 Å². The molecule has 0 saturated carbocycles. The van der Waals surface area contributed by atoms with E-state index < -0.39 is 0 Å². The highest BCUT2D eigenvalue weighted by molar-refractivity contribution is 5.82. The van der Waals surface area contributed by atoms with Gasteiger partial charge in [0.2, 0.25) is 0 Å². The highest BCUT2D eigenvalue weighted by Gasteiger charge is 2.12. The zero-order valence-electron chi connectivity index (χ0n) is 16.9. The van der Waals surface area contributed by atoms with Gasteiger partial charge in [0.25, 0.3) is 0 Å². The summed E-state index contributed by atoms with van der Waals surface area (Å²) in [5, 5.41) is 0.967. The number of hydrogen-bond acceptors (Lipinski definition) is 4. The summed E-state index contributed by atoms with van der Waals surface area (Å²) in [7, 11) is 1.64. The molecule has 28 heavy (non-hydrogen) atoms. The van der Waals surface area contributed by atoms with Crippen molar-refractivity contribution in [3.8, 4) is 11.5 Å². The van der Waals surface area contributed by atoms with Crippen molar-refractivity contribution in [1.82, 2.24) is 0 Å². The molecule has 0 aliphatic carbocycles. The van der Waals surface area contributed by atoms with Gasteiger partial charge in [0.1, 0.15) is 23.7 Å². The first-order valence-corrected chi connectivity index (χ1v) is 9.95. The molecule has 0 unspecified atom stereocenters. The molecular formula is C24H28O4. The maximum atomic E-state index is 12.5. The minimum atomic E-state index is -0.233. The Bertz CT molecular complexity index is 988. The molecule has 1 heterocycles. The van der Waals surface area contributed by atoms with Crippen LogP contribution in [-0.2, 0) is 13.0 Å². The van der Waals surface area contributed by atoms with Crippen molar-refractivity contribution < 1.29 is 13.9 Å². The minimum absolute atomic E-state index is 0.233. The Kier molecular flexibility index (Phi) is 6.75. The van der Waals surface area contributed by atoms with Crippen LogP contribution in [0.25, 0.3) is 11.0 Å². The van der Waals surface area contributed by atoms with Gasteiger partial charge in [-0.2, -0.15) is 0 Å². The van der Waals surface area contributed by atoms with Crippen molar-refractivity contribution in [3.05, 3.63) is 69.6 Å². The molecule has 0 atom stereocenters. The normalized spacial score (nSPS) is 11.0. The second-order valence-corrected chi connectivity index (χ2v) is 7.06. The number of ether oxygens (including phenoxy) is 2. The molecule has 4 nitrogen and oxygen atoms in total. The SMILES string of the molecule is CCCCCCc1c(C)c2ccc(OCc3ccccc3OC)cc2oc1=O. The first-order chi connectivity index (χ1) is 13.6. The monoisotopic (exact) mass is 380 g/mol. The average Bonchev–Trinajstić information content (AvgIpc) is 2.71. The van der Waals surface area contributed by atoms with Gasteiger partial charge in [-0.05, 0) is 43.5 Å². The fourth-order valence-electron chi connectivity index (χ4n) is 3.47. The summed E-state index contributed by atoms with van der Waals surface area (Å²) < 4.78 is 16.9. The Morgan fingerprint density at radius 2 is 1.86 bits per heavy atom.